The molecule has 0 rings (SSSR count). The van der Waals surface area contributed by atoms with Crippen LogP contribution in [-0.4, -0.2) is 87.4 Å². The van der Waals surface area contributed by atoms with Crippen LogP contribution in [0.4, 0.5) is 0 Å². The van der Waals surface area contributed by atoms with Gasteiger partial charge in [-0.25, -0.2) is 4.79 Å². The number of nitrogens with zero attached hydrogens (tertiary/aromatic N) is 1. The number of ether oxygens (including phenoxy) is 4. The Kier molecular flexibility index (Phi) is 55.2. The highest BCUT2D eigenvalue weighted by Crippen LogP contribution is 2.18. The van der Waals surface area contributed by atoms with Gasteiger partial charge in [0.15, 0.2) is 6.10 Å². The molecule has 0 aliphatic carbocycles. The molecule has 0 aromatic rings. The van der Waals surface area contributed by atoms with Crippen molar-refractivity contribution in [2.45, 2.75) is 328 Å². The third-order valence-electron chi connectivity index (χ3n) is 14.5. The second-order valence-electron chi connectivity index (χ2n) is 23.1. The molecule has 9 nitrogen and oxygen atoms in total. The monoisotopic (exact) mass is 1050 g/mol. The highest BCUT2D eigenvalue weighted by atomic mass is 16.7. The van der Waals surface area contributed by atoms with Crippen molar-refractivity contribution in [2.75, 3.05) is 47.5 Å². The van der Waals surface area contributed by atoms with Crippen LogP contribution in [0.5, 0.6) is 0 Å². The highest BCUT2D eigenvalue weighted by Gasteiger charge is 2.25. The van der Waals surface area contributed by atoms with Gasteiger partial charge in [-0.3, -0.25) is 9.59 Å². The number of hydrogen-bond donors (Lipinski definition) is 1. The molecule has 9 heteroatoms. The minimum Gasteiger partial charge on any atom is -0.477 e. The lowest BCUT2D eigenvalue weighted by molar-refractivity contribution is -0.870. The molecule has 2 unspecified atom stereocenters. The van der Waals surface area contributed by atoms with Crippen molar-refractivity contribution in [1.29, 1.82) is 0 Å². The number of quaternary nitrogens is 1. The average Bonchev–Trinajstić information content (AvgIpc) is 3.37. The molecule has 436 valence electrons. The molecule has 1 N–H and O–H groups in total. The largest absolute Gasteiger partial charge is 0.477 e. The van der Waals surface area contributed by atoms with Gasteiger partial charge in [-0.05, 0) is 44.9 Å². The van der Waals surface area contributed by atoms with E-state index in [0.717, 1.165) is 51.4 Å². The van der Waals surface area contributed by atoms with Gasteiger partial charge in [0, 0.05) is 12.8 Å². The lowest BCUT2D eigenvalue weighted by atomic mass is 10.0. The van der Waals surface area contributed by atoms with Crippen LogP contribution in [0.25, 0.3) is 0 Å². The fourth-order valence-electron chi connectivity index (χ4n) is 9.52. The van der Waals surface area contributed by atoms with Gasteiger partial charge < -0.3 is 28.5 Å². The van der Waals surface area contributed by atoms with Gasteiger partial charge in [0.05, 0.1) is 34.4 Å². The van der Waals surface area contributed by atoms with Gasteiger partial charge in [0.2, 0.25) is 0 Å². The summed E-state index contributed by atoms with van der Waals surface area (Å²) < 4.78 is 22.9. The summed E-state index contributed by atoms with van der Waals surface area (Å²) in [5.41, 5.74) is 0. The molecular formula is C65H124NO8+. The Morgan fingerprint density at radius 3 is 1.07 bits per heavy atom. The van der Waals surface area contributed by atoms with E-state index in [0.29, 0.717) is 17.4 Å². The molecule has 74 heavy (non-hydrogen) atoms. The van der Waals surface area contributed by atoms with E-state index >= 15 is 0 Å². The summed E-state index contributed by atoms with van der Waals surface area (Å²) >= 11 is 0. The zero-order chi connectivity index (χ0) is 54.1. The van der Waals surface area contributed by atoms with Crippen molar-refractivity contribution in [2.24, 2.45) is 0 Å². The number of likely N-dealkylation sites (N-methyl/N-ethyl adjacent to an activating group) is 1. The first-order chi connectivity index (χ1) is 36.1. The SMILES string of the molecule is CCCCCCC/C=C\C/C=C\CCCCCCCCCCCC(=O)OC(COC(=O)CCCCCCCCCCCCCCCCCCCCCCCCCCCCCC)COC(OCC[N+](C)(C)C)C(=O)O. The number of hydrogen-bond acceptors (Lipinski definition) is 7. The zero-order valence-electron chi connectivity index (χ0n) is 49.8. The number of carbonyl (C=O) groups excluding carboxylic acids is 2. The first kappa shape index (κ1) is 71.8. The molecule has 0 amide bonds. The van der Waals surface area contributed by atoms with Gasteiger partial charge in [-0.2, -0.15) is 0 Å². The third kappa shape index (κ3) is 57.5. The number of carboxylic acid groups (broad SMARTS) is 1. The van der Waals surface area contributed by atoms with Crippen molar-refractivity contribution in [3.05, 3.63) is 24.3 Å². The zero-order valence-corrected chi connectivity index (χ0v) is 49.8. The van der Waals surface area contributed by atoms with E-state index in [9.17, 15) is 19.5 Å². The summed E-state index contributed by atoms with van der Waals surface area (Å²) in [6, 6.07) is 0. The number of aliphatic carboxylic acids is 1. The first-order valence-corrected chi connectivity index (χ1v) is 32.0. The van der Waals surface area contributed by atoms with E-state index in [1.54, 1.807) is 0 Å². The normalized spacial score (nSPS) is 12.8. The lowest BCUT2D eigenvalue weighted by Crippen LogP contribution is -2.40. The molecule has 0 aliphatic heterocycles. The molecule has 0 radical (unpaired) electrons. The predicted octanol–water partition coefficient (Wildman–Crippen LogP) is 19.1. The van der Waals surface area contributed by atoms with Gasteiger partial charge >= 0.3 is 17.9 Å². The van der Waals surface area contributed by atoms with Crippen LogP contribution in [0.2, 0.25) is 0 Å². The van der Waals surface area contributed by atoms with Crippen molar-refractivity contribution >= 4 is 17.9 Å². The summed E-state index contributed by atoms with van der Waals surface area (Å²) in [5.74, 6) is -1.99. The van der Waals surface area contributed by atoms with Gasteiger partial charge in [0.25, 0.3) is 6.29 Å². The Bertz CT molecular complexity index is 1260. The lowest BCUT2D eigenvalue weighted by Gasteiger charge is -2.25. The molecule has 0 spiro atoms. The number of rotatable bonds is 60. The molecule has 0 heterocycles. The highest BCUT2D eigenvalue weighted by molar-refractivity contribution is 5.71. The minimum atomic E-state index is -1.51. The van der Waals surface area contributed by atoms with E-state index < -0.39 is 24.3 Å². The van der Waals surface area contributed by atoms with E-state index in [1.165, 1.54) is 238 Å². The summed E-state index contributed by atoms with van der Waals surface area (Å²) in [7, 11) is 5.98. The molecule has 0 aliphatic rings. The smallest absolute Gasteiger partial charge is 0.361 e. The van der Waals surface area contributed by atoms with Crippen LogP contribution in [0.3, 0.4) is 0 Å². The van der Waals surface area contributed by atoms with Crippen LogP contribution in [0.1, 0.15) is 316 Å². The Balaban J connectivity index is 4.12. The minimum absolute atomic E-state index is 0.178. The fourth-order valence-corrected chi connectivity index (χ4v) is 9.52. The van der Waals surface area contributed by atoms with Gasteiger partial charge in [0.1, 0.15) is 13.2 Å². The van der Waals surface area contributed by atoms with E-state index in [1.807, 2.05) is 21.1 Å². The van der Waals surface area contributed by atoms with E-state index in [4.69, 9.17) is 18.9 Å². The Hall–Kier alpha value is -2.23. The molecule has 0 aromatic carbocycles. The van der Waals surface area contributed by atoms with Crippen LogP contribution >= 0.6 is 0 Å². The molecule has 0 fully saturated rings. The van der Waals surface area contributed by atoms with Crippen LogP contribution < -0.4 is 0 Å². The molecule has 0 bridgehead atoms. The summed E-state index contributed by atoms with van der Waals surface area (Å²) in [6.45, 7) is 4.92. The van der Waals surface area contributed by atoms with Crippen molar-refractivity contribution in [1.82, 2.24) is 0 Å². The summed E-state index contributed by atoms with van der Waals surface area (Å²) in [4.78, 5) is 37.5. The van der Waals surface area contributed by atoms with Crippen molar-refractivity contribution < 1.29 is 42.9 Å². The quantitative estimate of drug-likeness (QED) is 0.0211. The van der Waals surface area contributed by atoms with Crippen molar-refractivity contribution in [3.63, 3.8) is 0 Å². The van der Waals surface area contributed by atoms with E-state index in [-0.39, 0.29) is 32.2 Å². The second kappa shape index (κ2) is 57.0. The first-order valence-electron chi connectivity index (χ1n) is 32.0. The molecule has 0 saturated carbocycles. The fraction of sp³-hybridized carbons (Fsp3) is 0.892. The number of carbonyl (C=O) groups is 3. The maximum atomic E-state index is 12.9. The number of unbranched alkanes of at least 4 members (excludes halogenated alkanes) is 41. The maximum Gasteiger partial charge on any atom is 0.361 e. The summed E-state index contributed by atoms with van der Waals surface area (Å²) in [6.07, 6.45) is 65.6. The van der Waals surface area contributed by atoms with E-state index in [2.05, 4.69) is 38.2 Å². The topological polar surface area (TPSA) is 108 Å². The third-order valence-corrected chi connectivity index (χ3v) is 14.5. The maximum absolute atomic E-state index is 12.9. The Morgan fingerprint density at radius 1 is 0.405 bits per heavy atom. The second-order valence-corrected chi connectivity index (χ2v) is 23.1. The van der Waals surface area contributed by atoms with Crippen LogP contribution in [-0.2, 0) is 33.3 Å². The van der Waals surface area contributed by atoms with Gasteiger partial charge in [-0.1, -0.05) is 282 Å². The van der Waals surface area contributed by atoms with Crippen LogP contribution in [0, 0.1) is 0 Å². The molecule has 0 aromatic heterocycles. The molecule has 0 saturated heterocycles. The number of allylic oxidation sites excluding steroid dienone is 4. The Labute approximate surface area is 458 Å². The number of esters is 2. The predicted molar refractivity (Wildman–Crippen MR) is 314 cm³/mol. The Morgan fingerprint density at radius 2 is 0.730 bits per heavy atom. The molecule has 2 atom stereocenters. The van der Waals surface area contributed by atoms with Crippen molar-refractivity contribution in [3.8, 4) is 0 Å². The van der Waals surface area contributed by atoms with Crippen LogP contribution in [0.15, 0.2) is 24.3 Å². The number of carboxylic acids is 1. The average molecular weight is 1050 g/mol. The van der Waals surface area contributed by atoms with Gasteiger partial charge in [-0.15, -0.1) is 0 Å². The standard InChI is InChI=1S/C65H123NO8/c1-6-8-10-12-14-16-18-20-22-24-26-28-29-30-31-32-33-34-36-37-39-41-43-45-47-49-51-53-55-62(67)72-59-61(60-73-65(64(69)70)71-58-57-66(3,4)5)74-63(68)56-54-52-50-48-46-44-42-40-38-35-27-25-23-21-19-17-15-13-11-9-7-2/h19,21,25,27,61,65H,6-18,20,22-24,26,28-60H2,1-5H3/p+1/b21-19-,27-25-. The molecular weight excluding hydrogens is 923 g/mol. The summed E-state index contributed by atoms with van der Waals surface area (Å²) in [5, 5.41) is 9.72.